The van der Waals surface area contributed by atoms with Gasteiger partial charge in [0.1, 0.15) is 5.75 Å². The maximum Gasteiger partial charge on any atom is 0.143 e. The van der Waals surface area contributed by atoms with Crippen molar-refractivity contribution in [3.05, 3.63) is 17.2 Å². The topological polar surface area (TPSA) is 41.7 Å². The molecular weight excluding hydrogens is 238 g/mol. The monoisotopic (exact) mass is 255 g/mol. The van der Waals surface area contributed by atoms with Gasteiger partial charge < -0.3 is 20.3 Å². The Kier molecular flexibility index (Phi) is 3.64. The van der Waals surface area contributed by atoms with Crippen LogP contribution in [0.2, 0.25) is 5.02 Å². The Morgan fingerprint density at radius 2 is 1.88 bits per heavy atom. The minimum absolute atomic E-state index is 0.579. The molecule has 2 N–H and O–H groups in total. The number of hydrogen-bond acceptors (Lipinski definition) is 4. The molecule has 0 bridgehead atoms. The smallest absolute Gasteiger partial charge is 0.143 e. The zero-order chi connectivity index (χ0) is 12.4. The summed E-state index contributed by atoms with van der Waals surface area (Å²) in [5, 5.41) is 0.688. The van der Waals surface area contributed by atoms with Crippen molar-refractivity contribution in [2.24, 2.45) is 0 Å². The lowest BCUT2D eigenvalue weighted by atomic mass is 10.2. The fourth-order valence-corrected chi connectivity index (χ4v) is 2.32. The maximum absolute atomic E-state index is 6.24. The summed E-state index contributed by atoms with van der Waals surface area (Å²) >= 11 is 6.24. The SMILES string of the molecule is COc1cc(N2CCN(C)CC2)c(Cl)cc1N. The number of rotatable bonds is 2. The van der Waals surface area contributed by atoms with Crippen LogP contribution >= 0.6 is 11.6 Å². The molecule has 4 nitrogen and oxygen atoms in total. The van der Waals surface area contributed by atoms with Gasteiger partial charge in [0.05, 0.1) is 23.5 Å². The zero-order valence-electron chi connectivity index (χ0n) is 10.2. The second kappa shape index (κ2) is 5.02. The molecule has 1 saturated heterocycles. The summed E-state index contributed by atoms with van der Waals surface area (Å²) in [6.45, 7) is 4.04. The van der Waals surface area contributed by atoms with E-state index >= 15 is 0 Å². The van der Waals surface area contributed by atoms with E-state index < -0.39 is 0 Å². The summed E-state index contributed by atoms with van der Waals surface area (Å²) in [4.78, 5) is 4.57. The highest BCUT2D eigenvalue weighted by atomic mass is 35.5. The second-order valence-corrected chi connectivity index (χ2v) is 4.74. The van der Waals surface area contributed by atoms with Crippen LogP contribution < -0.4 is 15.4 Å². The largest absolute Gasteiger partial charge is 0.495 e. The van der Waals surface area contributed by atoms with Gasteiger partial charge in [-0.1, -0.05) is 11.6 Å². The van der Waals surface area contributed by atoms with E-state index in [4.69, 9.17) is 22.1 Å². The van der Waals surface area contributed by atoms with Crippen LogP contribution in [0.25, 0.3) is 0 Å². The van der Waals surface area contributed by atoms with Crippen molar-refractivity contribution < 1.29 is 4.74 Å². The van der Waals surface area contributed by atoms with E-state index in [-0.39, 0.29) is 0 Å². The molecular formula is C12H18ClN3O. The number of likely N-dealkylation sites (N-methyl/N-ethyl adjacent to an activating group) is 1. The van der Waals surface area contributed by atoms with Crippen LogP contribution in [0.3, 0.4) is 0 Å². The number of piperazine rings is 1. The van der Waals surface area contributed by atoms with E-state index in [9.17, 15) is 0 Å². The molecule has 0 aliphatic carbocycles. The molecule has 0 amide bonds. The lowest BCUT2D eigenvalue weighted by Crippen LogP contribution is -2.44. The molecule has 1 aromatic rings. The lowest BCUT2D eigenvalue weighted by Gasteiger charge is -2.34. The summed E-state index contributed by atoms with van der Waals surface area (Å²) in [6, 6.07) is 3.68. The fourth-order valence-electron chi connectivity index (χ4n) is 2.02. The van der Waals surface area contributed by atoms with E-state index in [1.807, 2.05) is 6.07 Å². The number of anilines is 2. The zero-order valence-corrected chi connectivity index (χ0v) is 11.0. The highest BCUT2D eigenvalue weighted by molar-refractivity contribution is 6.33. The molecule has 17 heavy (non-hydrogen) atoms. The summed E-state index contributed by atoms with van der Waals surface area (Å²) in [5.74, 6) is 0.684. The van der Waals surface area contributed by atoms with Gasteiger partial charge in [-0.25, -0.2) is 0 Å². The van der Waals surface area contributed by atoms with Gasteiger partial charge in [-0.15, -0.1) is 0 Å². The number of methoxy groups -OCH3 is 1. The number of hydrogen-bond donors (Lipinski definition) is 1. The van der Waals surface area contributed by atoms with Crippen LogP contribution in [0.4, 0.5) is 11.4 Å². The summed E-state index contributed by atoms with van der Waals surface area (Å²) < 4.78 is 5.23. The second-order valence-electron chi connectivity index (χ2n) is 4.34. The van der Waals surface area contributed by atoms with Crippen LogP contribution in [0.1, 0.15) is 0 Å². The number of nitrogens with two attached hydrogens (primary N) is 1. The number of benzene rings is 1. The van der Waals surface area contributed by atoms with Crippen molar-refractivity contribution >= 4 is 23.0 Å². The Bertz CT molecular complexity index is 403. The quantitative estimate of drug-likeness (QED) is 0.817. The van der Waals surface area contributed by atoms with Crippen molar-refractivity contribution in [3.8, 4) is 5.75 Å². The molecule has 0 radical (unpaired) electrons. The van der Waals surface area contributed by atoms with Crippen molar-refractivity contribution in [1.82, 2.24) is 4.90 Å². The highest BCUT2D eigenvalue weighted by Crippen LogP contribution is 2.35. The number of nitrogen functional groups attached to an aromatic ring is 1. The maximum atomic E-state index is 6.24. The molecule has 1 heterocycles. The van der Waals surface area contributed by atoms with Crippen molar-refractivity contribution in [3.63, 3.8) is 0 Å². The Morgan fingerprint density at radius 3 is 2.47 bits per heavy atom. The Balaban J connectivity index is 2.25. The van der Waals surface area contributed by atoms with Crippen LogP contribution in [0.15, 0.2) is 12.1 Å². The molecule has 1 aliphatic heterocycles. The van der Waals surface area contributed by atoms with Crippen LogP contribution in [0.5, 0.6) is 5.75 Å². The molecule has 0 saturated carbocycles. The average molecular weight is 256 g/mol. The van der Waals surface area contributed by atoms with Gasteiger partial charge in [0.25, 0.3) is 0 Å². The van der Waals surface area contributed by atoms with Crippen LogP contribution in [-0.2, 0) is 0 Å². The molecule has 0 spiro atoms. The summed E-state index contributed by atoms with van der Waals surface area (Å²) in [7, 11) is 3.75. The Labute approximate surface area is 107 Å². The first-order valence-electron chi connectivity index (χ1n) is 5.68. The summed E-state index contributed by atoms with van der Waals surface area (Å²) in [5.41, 5.74) is 7.40. The van der Waals surface area contributed by atoms with Crippen molar-refractivity contribution in [2.75, 3.05) is 51.0 Å². The van der Waals surface area contributed by atoms with Gasteiger partial charge in [0, 0.05) is 32.2 Å². The normalized spacial score (nSPS) is 17.2. The molecule has 5 heteroatoms. The van der Waals surface area contributed by atoms with Crippen LogP contribution in [-0.4, -0.2) is 45.2 Å². The molecule has 1 fully saturated rings. The van der Waals surface area contributed by atoms with E-state index in [2.05, 4.69) is 16.8 Å². The first-order valence-corrected chi connectivity index (χ1v) is 6.06. The van der Waals surface area contributed by atoms with E-state index in [0.29, 0.717) is 16.5 Å². The average Bonchev–Trinajstić information content (AvgIpc) is 2.31. The van der Waals surface area contributed by atoms with Gasteiger partial charge in [-0.2, -0.15) is 0 Å². The predicted molar refractivity (Wildman–Crippen MR) is 72.1 cm³/mol. The fraction of sp³-hybridized carbons (Fsp3) is 0.500. The Morgan fingerprint density at radius 1 is 1.24 bits per heavy atom. The van der Waals surface area contributed by atoms with Crippen molar-refractivity contribution in [2.45, 2.75) is 0 Å². The number of nitrogens with zero attached hydrogens (tertiary/aromatic N) is 2. The third kappa shape index (κ3) is 2.58. The molecule has 0 aromatic heterocycles. The third-order valence-corrected chi connectivity index (χ3v) is 3.45. The van der Waals surface area contributed by atoms with Gasteiger partial charge in [0.15, 0.2) is 0 Å². The minimum Gasteiger partial charge on any atom is -0.495 e. The van der Waals surface area contributed by atoms with E-state index in [0.717, 1.165) is 31.9 Å². The third-order valence-electron chi connectivity index (χ3n) is 3.14. The molecule has 0 unspecified atom stereocenters. The minimum atomic E-state index is 0.579. The lowest BCUT2D eigenvalue weighted by molar-refractivity contribution is 0.312. The molecule has 94 valence electrons. The van der Waals surface area contributed by atoms with Crippen LogP contribution in [0, 0.1) is 0 Å². The van der Waals surface area contributed by atoms with Gasteiger partial charge >= 0.3 is 0 Å². The van der Waals surface area contributed by atoms with E-state index in [1.54, 1.807) is 13.2 Å². The molecule has 1 aliphatic rings. The Hall–Kier alpha value is -1.13. The number of ether oxygens (including phenoxy) is 1. The molecule has 1 aromatic carbocycles. The predicted octanol–water partition coefficient (Wildman–Crippen LogP) is 1.68. The number of halogens is 1. The van der Waals surface area contributed by atoms with Gasteiger partial charge in [-0.3, -0.25) is 0 Å². The molecule has 2 rings (SSSR count). The first-order chi connectivity index (χ1) is 8.11. The molecule has 0 atom stereocenters. The van der Waals surface area contributed by atoms with Crippen molar-refractivity contribution in [1.29, 1.82) is 0 Å². The summed E-state index contributed by atoms with van der Waals surface area (Å²) in [6.07, 6.45) is 0. The van der Waals surface area contributed by atoms with Gasteiger partial charge in [0.2, 0.25) is 0 Å². The van der Waals surface area contributed by atoms with E-state index in [1.165, 1.54) is 0 Å². The van der Waals surface area contributed by atoms with Gasteiger partial charge in [-0.05, 0) is 13.1 Å². The highest BCUT2D eigenvalue weighted by Gasteiger charge is 2.18. The standard InChI is InChI=1S/C12H18ClN3O/c1-15-3-5-16(6-4-15)11-8-12(17-2)10(14)7-9(11)13/h7-8H,3-6,14H2,1-2H3. The first kappa shape index (κ1) is 12.3.